The predicted octanol–water partition coefficient (Wildman–Crippen LogP) is 2.46. The number of nitrogens with two attached hydrogens (primary N) is 1. The molecule has 100 valence electrons. The van der Waals surface area contributed by atoms with E-state index in [9.17, 15) is 4.79 Å². The first kappa shape index (κ1) is 14.5. The van der Waals surface area contributed by atoms with Gasteiger partial charge in [0.25, 0.3) is 5.91 Å². The summed E-state index contributed by atoms with van der Waals surface area (Å²) in [5.41, 5.74) is 6.52. The second-order valence-electron chi connectivity index (χ2n) is 4.26. The van der Waals surface area contributed by atoms with E-state index < -0.39 is 0 Å². The van der Waals surface area contributed by atoms with Crippen molar-refractivity contribution in [2.75, 3.05) is 19.7 Å². The average molecular weight is 398 g/mol. The van der Waals surface area contributed by atoms with Gasteiger partial charge in [-0.1, -0.05) is 0 Å². The van der Waals surface area contributed by atoms with E-state index in [-0.39, 0.29) is 18.1 Å². The van der Waals surface area contributed by atoms with Crippen LogP contribution in [0.3, 0.4) is 0 Å². The fourth-order valence-corrected chi connectivity index (χ4v) is 4.61. The number of hydrogen-bond donors (Lipinski definition) is 1. The highest BCUT2D eigenvalue weighted by molar-refractivity contribution is 9.12. The minimum Gasteiger partial charge on any atom is -0.373 e. The molecule has 2 heterocycles. The lowest BCUT2D eigenvalue weighted by Crippen LogP contribution is -2.51. The van der Waals surface area contributed by atoms with Crippen LogP contribution in [0.15, 0.2) is 13.6 Å². The van der Waals surface area contributed by atoms with E-state index in [1.807, 2.05) is 13.0 Å². The van der Waals surface area contributed by atoms with Crippen molar-refractivity contribution in [2.45, 2.75) is 19.1 Å². The zero-order chi connectivity index (χ0) is 13.3. The van der Waals surface area contributed by atoms with E-state index >= 15 is 0 Å². The summed E-state index contributed by atoms with van der Waals surface area (Å²) in [7, 11) is 0. The summed E-state index contributed by atoms with van der Waals surface area (Å²) >= 11 is 8.30. The van der Waals surface area contributed by atoms with Gasteiger partial charge in [-0.05, 0) is 44.8 Å². The maximum atomic E-state index is 12.4. The number of carbonyl (C=O) groups is 1. The minimum atomic E-state index is -0.0800. The van der Waals surface area contributed by atoms with Crippen LogP contribution in [0, 0.1) is 0 Å². The quantitative estimate of drug-likeness (QED) is 0.833. The number of carbonyl (C=O) groups excluding carboxylic acids is 1. The van der Waals surface area contributed by atoms with Crippen LogP contribution in [0.5, 0.6) is 0 Å². The molecular weight excluding hydrogens is 384 g/mol. The Morgan fingerprint density at radius 3 is 2.94 bits per heavy atom. The Morgan fingerprint density at radius 1 is 1.67 bits per heavy atom. The van der Waals surface area contributed by atoms with Crippen LogP contribution in [0.4, 0.5) is 0 Å². The molecule has 7 heteroatoms. The summed E-state index contributed by atoms with van der Waals surface area (Å²) < 4.78 is 7.34. The van der Waals surface area contributed by atoms with Gasteiger partial charge in [0, 0.05) is 19.1 Å². The molecule has 1 aromatic rings. The van der Waals surface area contributed by atoms with Gasteiger partial charge in [0.1, 0.15) is 0 Å². The third-order valence-corrected chi connectivity index (χ3v) is 5.19. The molecule has 0 saturated carbocycles. The Balaban J connectivity index is 2.11. The van der Waals surface area contributed by atoms with E-state index in [2.05, 4.69) is 31.9 Å². The van der Waals surface area contributed by atoms with Crippen LogP contribution in [0.25, 0.3) is 0 Å². The number of nitrogens with zero attached hydrogens (tertiary/aromatic N) is 1. The molecule has 4 nitrogen and oxygen atoms in total. The molecule has 1 fully saturated rings. The predicted molar refractivity (Wildman–Crippen MR) is 79.0 cm³/mol. The maximum absolute atomic E-state index is 12.4. The van der Waals surface area contributed by atoms with E-state index in [1.165, 1.54) is 11.3 Å². The first-order chi connectivity index (χ1) is 8.49. The largest absolute Gasteiger partial charge is 0.373 e. The highest BCUT2D eigenvalue weighted by Gasteiger charge is 2.28. The topological polar surface area (TPSA) is 55.6 Å². The van der Waals surface area contributed by atoms with Crippen LogP contribution in [0.2, 0.25) is 0 Å². The van der Waals surface area contributed by atoms with Gasteiger partial charge in [0.05, 0.1) is 25.8 Å². The van der Waals surface area contributed by atoms with Gasteiger partial charge in [0.2, 0.25) is 0 Å². The summed E-state index contributed by atoms with van der Waals surface area (Å²) in [5, 5.41) is 0. The van der Waals surface area contributed by atoms with Crippen molar-refractivity contribution in [3.8, 4) is 0 Å². The number of halogens is 2. The molecule has 1 aliphatic rings. The van der Waals surface area contributed by atoms with Gasteiger partial charge in [-0.3, -0.25) is 4.79 Å². The number of hydrogen-bond acceptors (Lipinski definition) is 4. The second-order valence-corrected chi connectivity index (χ2v) is 8.01. The molecule has 1 saturated heterocycles. The first-order valence-corrected chi connectivity index (χ1v) is 8.00. The van der Waals surface area contributed by atoms with Gasteiger partial charge in [-0.15, -0.1) is 11.3 Å². The smallest absolute Gasteiger partial charge is 0.256 e. The van der Waals surface area contributed by atoms with Gasteiger partial charge in [-0.2, -0.15) is 0 Å². The molecule has 1 aromatic heterocycles. The van der Waals surface area contributed by atoms with Crippen molar-refractivity contribution >= 4 is 49.1 Å². The molecule has 2 N–H and O–H groups in total. The zero-order valence-corrected chi connectivity index (χ0v) is 13.8. The Labute approximate surface area is 127 Å². The lowest BCUT2D eigenvalue weighted by Gasteiger charge is -2.34. The van der Waals surface area contributed by atoms with E-state index in [0.29, 0.717) is 25.3 Å². The Bertz CT molecular complexity index is 450. The van der Waals surface area contributed by atoms with Crippen molar-refractivity contribution in [2.24, 2.45) is 5.73 Å². The van der Waals surface area contributed by atoms with Crippen molar-refractivity contribution in [1.82, 2.24) is 4.90 Å². The molecule has 18 heavy (non-hydrogen) atoms. The van der Waals surface area contributed by atoms with Crippen LogP contribution in [0.1, 0.15) is 17.3 Å². The van der Waals surface area contributed by atoms with E-state index in [0.717, 1.165) is 7.57 Å². The number of thiophene rings is 1. The second kappa shape index (κ2) is 6.00. The molecule has 0 radical (unpaired) electrons. The molecule has 0 bridgehead atoms. The molecule has 1 amide bonds. The molecule has 2 unspecified atom stereocenters. The third-order valence-electron chi connectivity index (χ3n) is 2.85. The standard InChI is InChI=1S/C11H14Br2N2O2S/c1-6(14)8-5-15(2-3-17-8)11(16)7-4-9(12)18-10(7)13/h4,6,8H,2-3,5,14H2,1H3. The molecule has 0 aliphatic carbocycles. The lowest BCUT2D eigenvalue weighted by molar-refractivity contribution is -0.0300. The Morgan fingerprint density at radius 2 is 2.39 bits per heavy atom. The summed E-state index contributed by atoms with van der Waals surface area (Å²) in [4.78, 5) is 14.2. The van der Waals surface area contributed by atoms with Gasteiger partial charge in [0.15, 0.2) is 0 Å². The summed E-state index contributed by atoms with van der Waals surface area (Å²) in [6.07, 6.45) is -0.0800. The van der Waals surface area contributed by atoms with Gasteiger partial charge >= 0.3 is 0 Å². The molecule has 1 aliphatic heterocycles. The molecule has 0 spiro atoms. The lowest BCUT2D eigenvalue weighted by atomic mass is 10.1. The van der Waals surface area contributed by atoms with Crippen molar-refractivity contribution in [1.29, 1.82) is 0 Å². The number of morpholine rings is 1. The highest BCUT2D eigenvalue weighted by Crippen LogP contribution is 2.32. The normalized spacial score (nSPS) is 22.0. The van der Waals surface area contributed by atoms with Crippen molar-refractivity contribution < 1.29 is 9.53 Å². The number of rotatable bonds is 2. The van der Waals surface area contributed by atoms with Crippen molar-refractivity contribution in [3.05, 3.63) is 19.2 Å². The zero-order valence-electron chi connectivity index (χ0n) is 9.86. The molecule has 2 atom stereocenters. The Hall–Kier alpha value is 0.0500. The summed E-state index contributed by atoms with van der Waals surface area (Å²) in [6, 6.07) is 1.77. The number of ether oxygens (including phenoxy) is 1. The van der Waals surface area contributed by atoms with Gasteiger partial charge < -0.3 is 15.4 Å². The first-order valence-electron chi connectivity index (χ1n) is 5.60. The Kier molecular flexibility index (Phi) is 4.82. The van der Waals surface area contributed by atoms with Crippen LogP contribution < -0.4 is 5.73 Å². The fourth-order valence-electron chi connectivity index (χ4n) is 1.83. The van der Waals surface area contributed by atoms with Crippen LogP contribution in [-0.4, -0.2) is 42.6 Å². The van der Waals surface area contributed by atoms with E-state index in [4.69, 9.17) is 10.5 Å². The van der Waals surface area contributed by atoms with Crippen LogP contribution >= 0.6 is 43.2 Å². The maximum Gasteiger partial charge on any atom is 0.256 e. The minimum absolute atomic E-state index is 0.0257. The molecule has 2 rings (SSSR count). The van der Waals surface area contributed by atoms with Crippen LogP contribution in [-0.2, 0) is 4.74 Å². The van der Waals surface area contributed by atoms with Crippen molar-refractivity contribution in [3.63, 3.8) is 0 Å². The summed E-state index contributed by atoms with van der Waals surface area (Å²) in [6.45, 7) is 3.61. The van der Waals surface area contributed by atoms with E-state index in [1.54, 1.807) is 4.90 Å². The summed E-state index contributed by atoms with van der Waals surface area (Å²) in [5.74, 6) is 0.0257. The third kappa shape index (κ3) is 3.14. The number of amides is 1. The monoisotopic (exact) mass is 396 g/mol. The highest BCUT2D eigenvalue weighted by atomic mass is 79.9. The molecular formula is C11H14Br2N2O2S. The average Bonchev–Trinajstić information content (AvgIpc) is 2.67. The SMILES string of the molecule is CC(N)C1CN(C(=O)c2cc(Br)sc2Br)CCO1. The molecule has 0 aromatic carbocycles. The fraction of sp³-hybridized carbons (Fsp3) is 0.545. The van der Waals surface area contributed by atoms with Gasteiger partial charge in [-0.25, -0.2) is 0 Å².